The van der Waals surface area contributed by atoms with Crippen LogP contribution >= 0.6 is 15.9 Å². The molecule has 3 nitrogen and oxygen atoms in total. The van der Waals surface area contributed by atoms with Crippen molar-refractivity contribution in [1.29, 1.82) is 0 Å². The first kappa shape index (κ1) is 10.2. The highest BCUT2D eigenvalue weighted by Crippen LogP contribution is 2.18. The fourth-order valence-corrected chi connectivity index (χ4v) is 1.71. The van der Waals surface area contributed by atoms with E-state index in [1.165, 1.54) is 0 Å². The van der Waals surface area contributed by atoms with Gasteiger partial charge in [-0.1, -0.05) is 33.2 Å². The van der Waals surface area contributed by atoms with Crippen molar-refractivity contribution < 1.29 is 4.84 Å². The van der Waals surface area contributed by atoms with Crippen molar-refractivity contribution in [2.75, 3.05) is 6.54 Å². The Bertz CT molecular complexity index is 419. The van der Waals surface area contributed by atoms with Gasteiger partial charge in [0.2, 0.25) is 6.10 Å². The first-order valence-electron chi connectivity index (χ1n) is 4.61. The smallest absolute Gasteiger partial charge is 0.254 e. The summed E-state index contributed by atoms with van der Waals surface area (Å²) in [6.45, 7) is 7.13. The molecule has 1 aliphatic rings. The lowest BCUT2D eigenvalue weighted by molar-refractivity contribution is 0.0972. The van der Waals surface area contributed by atoms with Gasteiger partial charge in [-0.15, -0.1) is 0 Å². The number of nitrogens with zero attached hydrogens (tertiary/aromatic N) is 2. The van der Waals surface area contributed by atoms with Crippen LogP contribution in [0.15, 0.2) is 33.9 Å². The highest BCUT2D eigenvalue weighted by molar-refractivity contribution is 9.10. The lowest BCUT2D eigenvalue weighted by Gasteiger charge is -1.99. The van der Waals surface area contributed by atoms with E-state index in [2.05, 4.69) is 25.9 Å². The van der Waals surface area contributed by atoms with Gasteiger partial charge < -0.3 is 9.68 Å². The molecular weight excluding hydrogens is 256 g/mol. The Hall–Kier alpha value is -1.34. The Morgan fingerprint density at radius 1 is 1.47 bits per heavy atom. The van der Waals surface area contributed by atoms with Crippen molar-refractivity contribution in [2.24, 2.45) is 5.16 Å². The van der Waals surface area contributed by atoms with Gasteiger partial charge in [0.25, 0.3) is 6.54 Å². The molecule has 1 aromatic rings. The van der Waals surface area contributed by atoms with Gasteiger partial charge in [-0.3, -0.25) is 0 Å². The average molecular weight is 265 g/mol. The summed E-state index contributed by atoms with van der Waals surface area (Å²) in [7, 11) is 0. The molecular formula is C11H9BrN2O. The molecule has 0 fully saturated rings. The molecule has 0 amide bonds. The number of hydrogen-bond acceptors (Lipinski definition) is 2. The van der Waals surface area contributed by atoms with Crippen LogP contribution in [0.1, 0.15) is 12.0 Å². The molecule has 1 heterocycles. The van der Waals surface area contributed by atoms with Gasteiger partial charge in [0.1, 0.15) is 0 Å². The third-order valence-electron chi connectivity index (χ3n) is 2.21. The lowest BCUT2D eigenvalue weighted by Crippen LogP contribution is -2.10. The summed E-state index contributed by atoms with van der Waals surface area (Å²) in [4.78, 5) is 8.46. The molecule has 1 aromatic carbocycles. The molecule has 2 rings (SSSR count). The molecule has 0 spiro atoms. The molecule has 0 saturated carbocycles. The molecule has 0 radical (unpaired) electrons. The molecule has 0 bridgehead atoms. The topological polar surface area (TPSA) is 25.9 Å². The quantitative estimate of drug-likeness (QED) is 0.755. The fourth-order valence-electron chi connectivity index (χ4n) is 1.44. The zero-order valence-corrected chi connectivity index (χ0v) is 9.57. The van der Waals surface area contributed by atoms with E-state index < -0.39 is 0 Å². The maximum atomic E-state index is 6.75. The summed E-state index contributed by atoms with van der Waals surface area (Å²) < 4.78 is 1.04. The van der Waals surface area contributed by atoms with Gasteiger partial charge in [-0.25, -0.2) is 6.57 Å². The minimum atomic E-state index is -0.0684. The highest BCUT2D eigenvalue weighted by atomic mass is 79.9. The van der Waals surface area contributed by atoms with Gasteiger partial charge >= 0.3 is 0 Å². The Balaban J connectivity index is 2.08. The standard InChI is InChI=1S/C11H9BrN2O/c1-13-7-10-6-11(14-15-10)8-2-4-9(12)5-3-8/h2-5,10H,6-7H2. The molecule has 0 aromatic heterocycles. The van der Waals surface area contributed by atoms with Crippen LogP contribution in [0.25, 0.3) is 4.85 Å². The third-order valence-corrected chi connectivity index (χ3v) is 2.73. The van der Waals surface area contributed by atoms with Gasteiger partial charge in [0.15, 0.2) is 0 Å². The van der Waals surface area contributed by atoms with Crippen LogP contribution in [-0.2, 0) is 4.84 Å². The highest BCUT2D eigenvalue weighted by Gasteiger charge is 2.24. The van der Waals surface area contributed by atoms with E-state index in [-0.39, 0.29) is 6.10 Å². The van der Waals surface area contributed by atoms with E-state index in [9.17, 15) is 0 Å². The predicted molar refractivity (Wildman–Crippen MR) is 61.6 cm³/mol. The first-order valence-corrected chi connectivity index (χ1v) is 5.41. The van der Waals surface area contributed by atoms with Crippen LogP contribution in [0.3, 0.4) is 0 Å². The van der Waals surface area contributed by atoms with E-state index >= 15 is 0 Å². The number of benzene rings is 1. The predicted octanol–water partition coefficient (Wildman–Crippen LogP) is 2.86. The summed E-state index contributed by atoms with van der Waals surface area (Å²) in [6.07, 6.45) is 0.658. The molecule has 4 heteroatoms. The maximum absolute atomic E-state index is 6.75. The van der Waals surface area contributed by atoms with Crippen molar-refractivity contribution in [3.05, 3.63) is 45.7 Å². The van der Waals surface area contributed by atoms with Crippen molar-refractivity contribution in [3.63, 3.8) is 0 Å². The first-order chi connectivity index (χ1) is 7.29. The molecule has 0 N–H and O–H groups in total. The Morgan fingerprint density at radius 3 is 2.87 bits per heavy atom. The van der Waals surface area contributed by atoms with E-state index in [1.54, 1.807) is 0 Å². The van der Waals surface area contributed by atoms with Crippen LogP contribution in [0.2, 0.25) is 0 Å². The van der Waals surface area contributed by atoms with Crippen molar-refractivity contribution >= 4 is 21.6 Å². The summed E-state index contributed by atoms with van der Waals surface area (Å²) in [6, 6.07) is 7.93. The lowest BCUT2D eigenvalue weighted by atomic mass is 10.1. The molecule has 15 heavy (non-hydrogen) atoms. The molecule has 0 aliphatic carbocycles. The third kappa shape index (κ3) is 2.37. The number of rotatable bonds is 2. The molecule has 0 saturated heterocycles. The monoisotopic (exact) mass is 264 g/mol. The maximum Gasteiger partial charge on any atom is 0.254 e. The molecule has 76 valence electrons. The second kappa shape index (κ2) is 4.45. The Labute approximate surface area is 96.7 Å². The summed E-state index contributed by atoms with van der Waals surface area (Å²) >= 11 is 3.38. The van der Waals surface area contributed by atoms with Gasteiger partial charge in [0.05, 0.1) is 5.71 Å². The Morgan fingerprint density at radius 2 is 2.20 bits per heavy atom. The van der Waals surface area contributed by atoms with Gasteiger partial charge in [0, 0.05) is 10.9 Å². The van der Waals surface area contributed by atoms with Crippen LogP contribution in [0.4, 0.5) is 0 Å². The SMILES string of the molecule is [C-]#[N+]CC1CC(c2ccc(Br)cc2)=NO1. The summed E-state index contributed by atoms with van der Waals surface area (Å²) in [5.74, 6) is 0. The Kier molecular flexibility index (Phi) is 3.02. The normalized spacial score (nSPS) is 19.2. The van der Waals surface area contributed by atoms with Crippen LogP contribution < -0.4 is 0 Å². The molecule has 1 aliphatic heterocycles. The second-order valence-electron chi connectivity index (χ2n) is 3.32. The van der Waals surface area contributed by atoms with E-state index in [1.807, 2.05) is 24.3 Å². The van der Waals surface area contributed by atoms with Crippen molar-refractivity contribution in [3.8, 4) is 0 Å². The fraction of sp³-hybridized carbons (Fsp3) is 0.273. The molecule has 1 atom stereocenters. The van der Waals surface area contributed by atoms with Gasteiger partial charge in [-0.2, -0.15) is 0 Å². The van der Waals surface area contributed by atoms with Gasteiger partial charge in [-0.05, 0) is 17.7 Å². The summed E-state index contributed by atoms with van der Waals surface area (Å²) in [5.41, 5.74) is 1.99. The zero-order chi connectivity index (χ0) is 10.7. The van der Waals surface area contributed by atoms with Crippen molar-refractivity contribution in [2.45, 2.75) is 12.5 Å². The van der Waals surface area contributed by atoms with Crippen molar-refractivity contribution in [1.82, 2.24) is 0 Å². The minimum absolute atomic E-state index is 0.0684. The number of hydrogen-bond donors (Lipinski definition) is 0. The molecule has 1 unspecified atom stereocenters. The average Bonchev–Trinajstić information content (AvgIpc) is 2.68. The zero-order valence-electron chi connectivity index (χ0n) is 7.98. The largest absolute Gasteiger partial charge is 0.384 e. The summed E-state index contributed by atoms with van der Waals surface area (Å²) in [5, 5.41) is 3.99. The van der Waals surface area contributed by atoms with E-state index in [4.69, 9.17) is 11.4 Å². The van der Waals surface area contributed by atoms with Crippen LogP contribution in [0.5, 0.6) is 0 Å². The number of oxime groups is 1. The van der Waals surface area contributed by atoms with Crippen LogP contribution in [-0.4, -0.2) is 18.4 Å². The van der Waals surface area contributed by atoms with E-state index in [0.29, 0.717) is 6.54 Å². The van der Waals surface area contributed by atoms with Crippen LogP contribution in [0, 0.1) is 6.57 Å². The number of halogens is 1. The minimum Gasteiger partial charge on any atom is -0.384 e. The van der Waals surface area contributed by atoms with E-state index in [0.717, 1.165) is 22.2 Å². The second-order valence-corrected chi connectivity index (χ2v) is 4.23.